The summed E-state index contributed by atoms with van der Waals surface area (Å²) in [4.78, 5) is 4.45. The molecule has 1 unspecified atom stereocenters. The Kier molecular flexibility index (Phi) is 6.03. The SMILES string of the molecule is CCCNC(CCc1ccccc1)c1ccc(Cl)cn1. The van der Waals surface area contributed by atoms with Crippen LogP contribution < -0.4 is 5.32 Å². The lowest BCUT2D eigenvalue weighted by atomic mass is 10.0. The standard InChI is InChI=1S/C17H21ClN2/c1-2-12-19-16(17-11-9-15(18)13-20-17)10-8-14-6-4-3-5-7-14/h3-7,9,11,13,16,19H,2,8,10,12H2,1H3. The quantitative estimate of drug-likeness (QED) is 0.816. The summed E-state index contributed by atoms with van der Waals surface area (Å²) in [5.41, 5.74) is 2.43. The molecule has 0 aliphatic carbocycles. The molecule has 1 N–H and O–H groups in total. The van der Waals surface area contributed by atoms with Crippen molar-refractivity contribution in [2.75, 3.05) is 6.54 Å². The molecule has 0 saturated heterocycles. The van der Waals surface area contributed by atoms with Crippen molar-refractivity contribution in [2.24, 2.45) is 0 Å². The number of halogens is 1. The normalized spacial score (nSPS) is 12.3. The Morgan fingerprint density at radius 2 is 1.95 bits per heavy atom. The third kappa shape index (κ3) is 4.62. The molecule has 1 atom stereocenters. The van der Waals surface area contributed by atoms with E-state index in [-0.39, 0.29) is 6.04 Å². The highest BCUT2D eigenvalue weighted by atomic mass is 35.5. The first kappa shape index (κ1) is 15.0. The van der Waals surface area contributed by atoms with Crippen LogP contribution in [0.1, 0.15) is 37.1 Å². The van der Waals surface area contributed by atoms with Gasteiger partial charge in [-0.3, -0.25) is 4.98 Å². The average Bonchev–Trinajstić information content (AvgIpc) is 2.50. The second-order valence-electron chi connectivity index (χ2n) is 4.93. The van der Waals surface area contributed by atoms with Crippen LogP contribution in [0.15, 0.2) is 48.7 Å². The Hall–Kier alpha value is -1.38. The molecule has 20 heavy (non-hydrogen) atoms. The number of nitrogens with one attached hydrogen (secondary N) is 1. The summed E-state index contributed by atoms with van der Waals surface area (Å²) in [6, 6.07) is 14.8. The van der Waals surface area contributed by atoms with E-state index < -0.39 is 0 Å². The minimum absolute atomic E-state index is 0.285. The zero-order chi connectivity index (χ0) is 14.2. The first-order valence-corrected chi connectivity index (χ1v) is 7.56. The number of hydrogen-bond donors (Lipinski definition) is 1. The van der Waals surface area contributed by atoms with E-state index in [1.165, 1.54) is 5.56 Å². The van der Waals surface area contributed by atoms with Crippen LogP contribution in [0.25, 0.3) is 0 Å². The zero-order valence-corrected chi connectivity index (χ0v) is 12.6. The molecule has 0 aliphatic rings. The van der Waals surface area contributed by atoms with Gasteiger partial charge < -0.3 is 5.32 Å². The molecule has 0 bridgehead atoms. The molecule has 0 fully saturated rings. The second kappa shape index (κ2) is 8.03. The fourth-order valence-corrected chi connectivity index (χ4v) is 2.33. The highest BCUT2D eigenvalue weighted by molar-refractivity contribution is 6.30. The van der Waals surface area contributed by atoms with E-state index in [1.807, 2.05) is 12.1 Å². The summed E-state index contributed by atoms with van der Waals surface area (Å²) >= 11 is 5.91. The molecule has 0 radical (unpaired) electrons. The topological polar surface area (TPSA) is 24.9 Å². The van der Waals surface area contributed by atoms with Crippen molar-refractivity contribution in [2.45, 2.75) is 32.2 Å². The number of hydrogen-bond acceptors (Lipinski definition) is 2. The summed E-state index contributed by atoms with van der Waals surface area (Å²) < 4.78 is 0. The number of aromatic nitrogens is 1. The first-order valence-electron chi connectivity index (χ1n) is 7.18. The van der Waals surface area contributed by atoms with Gasteiger partial charge in [0, 0.05) is 12.2 Å². The summed E-state index contributed by atoms with van der Waals surface area (Å²) in [6.45, 7) is 3.18. The van der Waals surface area contributed by atoms with Gasteiger partial charge in [0.05, 0.1) is 10.7 Å². The second-order valence-corrected chi connectivity index (χ2v) is 5.37. The van der Waals surface area contributed by atoms with Crippen molar-refractivity contribution in [3.8, 4) is 0 Å². The smallest absolute Gasteiger partial charge is 0.0589 e. The fourth-order valence-electron chi connectivity index (χ4n) is 2.22. The van der Waals surface area contributed by atoms with Crippen molar-refractivity contribution < 1.29 is 0 Å². The van der Waals surface area contributed by atoms with Crippen LogP contribution in [0.5, 0.6) is 0 Å². The van der Waals surface area contributed by atoms with E-state index in [0.717, 1.165) is 31.5 Å². The number of nitrogens with zero attached hydrogens (tertiary/aromatic N) is 1. The predicted octanol–water partition coefficient (Wildman–Crippen LogP) is 4.41. The number of aryl methyl sites for hydroxylation is 1. The van der Waals surface area contributed by atoms with E-state index >= 15 is 0 Å². The highest BCUT2D eigenvalue weighted by Gasteiger charge is 2.12. The van der Waals surface area contributed by atoms with Gasteiger partial charge in [0.15, 0.2) is 0 Å². The van der Waals surface area contributed by atoms with Gasteiger partial charge in [0.2, 0.25) is 0 Å². The number of rotatable bonds is 7. The summed E-state index contributed by atoms with van der Waals surface area (Å²) in [5.74, 6) is 0. The van der Waals surface area contributed by atoms with Crippen LogP contribution >= 0.6 is 11.6 Å². The maximum atomic E-state index is 5.91. The van der Waals surface area contributed by atoms with Crippen LogP contribution in [-0.4, -0.2) is 11.5 Å². The van der Waals surface area contributed by atoms with Gasteiger partial charge in [-0.25, -0.2) is 0 Å². The molecular weight excluding hydrogens is 268 g/mol. The first-order chi connectivity index (χ1) is 9.79. The Bertz CT molecular complexity index is 496. The molecule has 2 rings (SSSR count). The molecule has 2 aromatic rings. The van der Waals surface area contributed by atoms with Crippen molar-refractivity contribution >= 4 is 11.6 Å². The molecule has 0 amide bonds. The maximum Gasteiger partial charge on any atom is 0.0589 e. The van der Waals surface area contributed by atoms with Crippen LogP contribution in [0.3, 0.4) is 0 Å². The van der Waals surface area contributed by atoms with Crippen LogP contribution in [0.4, 0.5) is 0 Å². The van der Waals surface area contributed by atoms with Gasteiger partial charge in [-0.2, -0.15) is 0 Å². The third-order valence-electron chi connectivity index (χ3n) is 3.31. The number of benzene rings is 1. The molecule has 2 nitrogen and oxygen atoms in total. The lowest BCUT2D eigenvalue weighted by molar-refractivity contribution is 0.489. The third-order valence-corrected chi connectivity index (χ3v) is 3.54. The van der Waals surface area contributed by atoms with Gasteiger partial charge in [-0.15, -0.1) is 0 Å². The molecule has 3 heteroatoms. The average molecular weight is 289 g/mol. The molecule has 1 heterocycles. The maximum absolute atomic E-state index is 5.91. The minimum atomic E-state index is 0.285. The lowest BCUT2D eigenvalue weighted by Gasteiger charge is -2.18. The molecule has 0 spiro atoms. The fraction of sp³-hybridized carbons (Fsp3) is 0.353. The molecule has 0 saturated carbocycles. The van der Waals surface area contributed by atoms with Gasteiger partial charge >= 0.3 is 0 Å². The van der Waals surface area contributed by atoms with E-state index in [4.69, 9.17) is 11.6 Å². The van der Waals surface area contributed by atoms with Gasteiger partial charge in [0.1, 0.15) is 0 Å². The zero-order valence-electron chi connectivity index (χ0n) is 11.8. The molecule has 106 valence electrons. The predicted molar refractivity (Wildman–Crippen MR) is 85.0 cm³/mol. The van der Waals surface area contributed by atoms with Crippen molar-refractivity contribution in [1.29, 1.82) is 0 Å². The molecular formula is C17H21ClN2. The Labute approximate surface area is 126 Å². The molecule has 1 aromatic heterocycles. The van der Waals surface area contributed by atoms with E-state index in [1.54, 1.807) is 6.20 Å². The largest absolute Gasteiger partial charge is 0.309 e. The Morgan fingerprint density at radius 1 is 1.15 bits per heavy atom. The molecule has 0 aliphatic heterocycles. The van der Waals surface area contributed by atoms with Crippen LogP contribution in [-0.2, 0) is 6.42 Å². The van der Waals surface area contributed by atoms with Gasteiger partial charge in [-0.05, 0) is 43.5 Å². The lowest BCUT2D eigenvalue weighted by Crippen LogP contribution is -2.23. The van der Waals surface area contributed by atoms with Crippen LogP contribution in [0, 0.1) is 0 Å². The summed E-state index contributed by atoms with van der Waals surface area (Å²) in [5, 5.41) is 4.26. The minimum Gasteiger partial charge on any atom is -0.309 e. The van der Waals surface area contributed by atoms with Crippen molar-refractivity contribution in [3.05, 3.63) is 64.9 Å². The van der Waals surface area contributed by atoms with Gasteiger partial charge in [-0.1, -0.05) is 48.9 Å². The summed E-state index contributed by atoms with van der Waals surface area (Å²) in [6.07, 6.45) is 4.93. The van der Waals surface area contributed by atoms with Crippen molar-refractivity contribution in [1.82, 2.24) is 10.3 Å². The van der Waals surface area contributed by atoms with Gasteiger partial charge in [0.25, 0.3) is 0 Å². The molecule has 1 aromatic carbocycles. The van der Waals surface area contributed by atoms with E-state index in [0.29, 0.717) is 5.02 Å². The number of pyridine rings is 1. The van der Waals surface area contributed by atoms with Crippen molar-refractivity contribution in [3.63, 3.8) is 0 Å². The van der Waals surface area contributed by atoms with Crippen LogP contribution in [0.2, 0.25) is 5.02 Å². The monoisotopic (exact) mass is 288 g/mol. The van der Waals surface area contributed by atoms with E-state index in [9.17, 15) is 0 Å². The highest BCUT2D eigenvalue weighted by Crippen LogP contribution is 2.19. The Morgan fingerprint density at radius 3 is 2.60 bits per heavy atom. The Balaban J connectivity index is 2.01. The van der Waals surface area contributed by atoms with E-state index in [2.05, 4.69) is 47.6 Å². The summed E-state index contributed by atoms with van der Waals surface area (Å²) in [7, 11) is 0.